The van der Waals surface area contributed by atoms with Gasteiger partial charge in [0.25, 0.3) is 5.91 Å². The first-order valence-corrected chi connectivity index (χ1v) is 9.41. The molecule has 1 aromatic heterocycles. The third kappa shape index (κ3) is 3.93. The van der Waals surface area contributed by atoms with E-state index in [4.69, 9.17) is 14.5 Å². The van der Waals surface area contributed by atoms with Crippen molar-refractivity contribution in [3.63, 3.8) is 0 Å². The Kier molecular flexibility index (Phi) is 5.83. The molecule has 0 aliphatic carbocycles. The molecule has 146 valence electrons. The van der Waals surface area contributed by atoms with Crippen molar-refractivity contribution in [3.05, 3.63) is 53.6 Å². The van der Waals surface area contributed by atoms with Gasteiger partial charge in [-0.15, -0.1) is 0 Å². The standard InChI is InChI=1S/C23H26N2O3/c1-6-15(3)24-23(26)19-13-21(25-20-10-7-14(2)11-18(19)20)17-9-8-16(27-4)12-22(17)28-5/h7-13,15H,6H2,1-5H3,(H,24,26). The number of aromatic nitrogens is 1. The van der Waals surface area contributed by atoms with Crippen LogP contribution >= 0.6 is 0 Å². The maximum Gasteiger partial charge on any atom is 0.252 e. The van der Waals surface area contributed by atoms with Crippen LogP contribution in [0.1, 0.15) is 36.2 Å². The zero-order valence-electron chi connectivity index (χ0n) is 17.0. The van der Waals surface area contributed by atoms with Gasteiger partial charge in [0.1, 0.15) is 11.5 Å². The molecule has 1 unspecified atom stereocenters. The Morgan fingerprint density at radius 2 is 1.89 bits per heavy atom. The highest BCUT2D eigenvalue weighted by atomic mass is 16.5. The maximum absolute atomic E-state index is 13.0. The SMILES string of the molecule is CCC(C)NC(=O)c1cc(-c2ccc(OC)cc2OC)nc2ccc(C)cc12. The van der Waals surface area contributed by atoms with Crippen molar-refractivity contribution in [1.82, 2.24) is 10.3 Å². The van der Waals surface area contributed by atoms with Crippen molar-refractivity contribution in [2.24, 2.45) is 0 Å². The summed E-state index contributed by atoms with van der Waals surface area (Å²) in [6.07, 6.45) is 0.868. The van der Waals surface area contributed by atoms with E-state index in [1.807, 2.05) is 63.2 Å². The number of rotatable bonds is 6. The fraction of sp³-hybridized carbons (Fsp3) is 0.304. The number of methoxy groups -OCH3 is 2. The predicted octanol–water partition coefficient (Wildman–Crippen LogP) is 4.76. The van der Waals surface area contributed by atoms with Crippen LogP contribution in [-0.2, 0) is 0 Å². The zero-order chi connectivity index (χ0) is 20.3. The van der Waals surface area contributed by atoms with Crippen LogP contribution in [0.3, 0.4) is 0 Å². The van der Waals surface area contributed by atoms with Crippen molar-refractivity contribution in [2.45, 2.75) is 33.2 Å². The van der Waals surface area contributed by atoms with Crippen LogP contribution in [0.2, 0.25) is 0 Å². The van der Waals surface area contributed by atoms with E-state index in [1.165, 1.54) is 0 Å². The molecule has 1 amide bonds. The van der Waals surface area contributed by atoms with Crippen molar-refractivity contribution in [2.75, 3.05) is 14.2 Å². The maximum atomic E-state index is 13.0. The second kappa shape index (κ2) is 8.30. The smallest absolute Gasteiger partial charge is 0.252 e. The molecule has 0 aliphatic heterocycles. The van der Waals surface area contributed by atoms with Crippen LogP contribution in [0.15, 0.2) is 42.5 Å². The second-order valence-electron chi connectivity index (χ2n) is 6.92. The van der Waals surface area contributed by atoms with Crippen molar-refractivity contribution in [3.8, 4) is 22.8 Å². The van der Waals surface area contributed by atoms with Gasteiger partial charge in [-0.3, -0.25) is 4.79 Å². The molecule has 0 fully saturated rings. The lowest BCUT2D eigenvalue weighted by Gasteiger charge is -2.15. The number of ether oxygens (including phenoxy) is 2. The van der Waals surface area contributed by atoms with E-state index in [2.05, 4.69) is 5.32 Å². The Bertz CT molecular complexity index is 1010. The summed E-state index contributed by atoms with van der Waals surface area (Å²) in [5.74, 6) is 1.25. The predicted molar refractivity (Wildman–Crippen MR) is 112 cm³/mol. The Morgan fingerprint density at radius 1 is 1.11 bits per heavy atom. The normalized spacial score (nSPS) is 11.9. The number of hydrogen-bond donors (Lipinski definition) is 1. The molecule has 3 aromatic rings. The van der Waals surface area contributed by atoms with E-state index in [9.17, 15) is 4.79 Å². The molecule has 1 N–H and O–H groups in total. The minimum Gasteiger partial charge on any atom is -0.497 e. The topological polar surface area (TPSA) is 60.5 Å². The summed E-state index contributed by atoms with van der Waals surface area (Å²) in [7, 11) is 3.22. The first-order chi connectivity index (χ1) is 13.5. The first kappa shape index (κ1) is 19.7. The van der Waals surface area contributed by atoms with Crippen molar-refractivity contribution >= 4 is 16.8 Å². The number of nitrogens with zero attached hydrogens (tertiary/aromatic N) is 1. The van der Waals surface area contributed by atoms with Gasteiger partial charge in [0.2, 0.25) is 0 Å². The number of carbonyl (C=O) groups excluding carboxylic acids is 1. The van der Waals surface area contributed by atoms with Crippen LogP contribution in [0.5, 0.6) is 11.5 Å². The van der Waals surface area contributed by atoms with Gasteiger partial charge in [-0.05, 0) is 50.6 Å². The third-order valence-corrected chi connectivity index (χ3v) is 4.88. The summed E-state index contributed by atoms with van der Waals surface area (Å²) in [4.78, 5) is 17.8. The summed E-state index contributed by atoms with van der Waals surface area (Å²) >= 11 is 0. The molecule has 0 aliphatic rings. The summed E-state index contributed by atoms with van der Waals surface area (Å²) in [6.45, 7) is 6.06. The lowest BCUT2D eigenvalue weighted by atomic mass is 10.0. The van der Waals surface area contributed by atoms with Crippen LogP contribution in [-0.4, -0.2) is 31.2 Å². The number of pyridine rings is 1. The van der Waals surface area contributed by atoms with Gasteiger partial charge in [-0.2, -0.15) is 0 Å². The second-order valence-corrected chi connectivity index (χ2v) is 6.92. The molecule has 0 radical (unpaired) electrons. The summed E-state index contributed by atoms with van der Waals surface area (Å²) in [5, 5.41) is 3.91. The average Bonchev–Trinajstić information content (AvgIpc) is 2.72. The van der Waals surface area contributed by atoms with Gasteiger partial charge in [0.15, 0.2) is 0 Å². The largest absolute Gasteiger partial charge is 0.497 e. The third-order valence-electron chi connectivity index (χ3n) is 4.88. The molecule has 5 nitrogen and oxygen atoms in total. The highest BCUT2D eigenvalue weighted by Crippen LogP contribution is 2.34. The van der Waals surface area contributed by atoms with E-state index >= 15 is 0 Å². The van der Waals surface area contributed by atoms with Crippen LogP contribution < -0.4 is 14.8 Å². The van der Waals surface area contributed by atoms with E-state index in [1.54, 1.807) is 14.2 Å². The summed E-state index contributed by atoms with van der Waals surface area (Å²) in [6, 6.07) is 13.5. The number of aryl methyl sites for hydroxylation is 1. The molecule has 0 bridgehead atoms. The van der Waals surface area contributed by atoms with Gasteiger partial charge < -0.3 is 14.8 Å². The minimum absolute atomic E-state index is 0.0962. The van der Waals surface area contributed by atoms with Gasteiger partial charge in [0.05, 0.1) is 31.0 Å². The van der Waals surface area contributed by atoms with E-state index in [0.717, 1.165) is 28.5 Å². The van der Waals surface area contributed by atoms with Gasteiger partial charge in [-0.1, -0.05) is 18.6 Å². The lowest BCUT2D eigenvalue weighted by molar-refractivity contribution is 0.0941. The molecular weight excluding hydrogens is 352 g/mol. The van der Waals surface area contributed by atoms with Crippen LogP contribution in [0.25, 0.3) is 22.2 Å². The highest BCUT2D eigenvalue weighted by Gasteiger charge is 2.17. The number of fused-ring (bicyclic) bond motifs is 1. The highest BCUT2D eigenvalue weighted by molar-refractivity contribution is 6.07. The Balaban J connectivity index is 2.20. The molecule has 0 saturated heterocycles. The fourth-order valence-corrected chi connectivity index (χ4v) is 3.08. The minimum atomic E-state index is -0.0962. The summed E-state index contributed by atoms with van der Waals surface area (Å²) in [5.41, 5.74) is 3.97. The van der Waals surface area contributed by atoms with Gasteiger partial charge >= 0.3 is 0 Å². The molecule has 2 aromatic carbocycles. The Labute approximate surface area is 165 Å². The van der Waals surface area contributed by atoms with Gasteiger partial charge in [0, 0.05) is 23.1 Å². The van der Waals surface area contributed by atoms with E-state index in [0.29, 0.717) is 22.8 Å². The lowest BCUT2D eigenvalue weighted by Crippen LogP contribution is -2.32. The number of carbonyl (C=O) groups is 1. The number of amides is 1. The monoisotopic (exact) mass is 378 g/mol. The molecule has 5 heteroatoms. The molecule has 1 heterocycles. The van der Waals surface area contributed by atoms with Crippen molar-refractivity contribution in [1.29, 1.82) is 0 Å². The molecule has 1 atom stereocenters. The van der Waals surface area contributed by atoms with Crippen molar-refractivity contribution < 1.29 is 14.3 Å². The zero-order valence-corrected chi connectivity index (χ0v) is 17.0. The number of nitrogens with one attached hydrogen (secondary N) is 1. The molecule has 28 heavy (non-hydrogen) atoms. The first-order valence-electron chi connectivity index (χ1n) is 9.41. The van der Waals surface area contributed by atoms with E-state index < -0.39 is 0 Å². The number of hydrogen-bond acceptors (Lipinski definition) is 4. The number of benzene rings is 2. The quantitative estimate of drug-likeness (QED) is 0.672. The average molecular weight is 378 g/mol. The molecule has 0 spiro atoms. The molecule has 3 rings (SSSR count). The Hall–Kier alpha value is -3.08. The fourth-order valence-electron chi connectivity index (χ4n) is 3.08. The Morgan fingerprint density at radius 3 is 2.57 bits per heavy atom. The van der Waals surface area contributed by atoms with Gasteiger partial charge in [-0.25, -0.2) is 4.98 Å². The molecular formula is C23H26N2O3. The molecule has 0 saturated carbocycles. The van der Waals surface area contributed by atoms with Crippen LogP contribution in [0, 0.1) is 6.92 Å². The summed E-state index contributed by atoms with van der Waals surface area (Å²) < 4.78 is 10.8. The van der Waals surface area contributed by atoms with Crippen LogP contribution in [0.4, 0.5) is 0 Å². The van der Waals surface area contributed by atoms with E-state index in [-0.39, 0.29) is 11.9 Å².